The van der Waals surface area contributed by atoms with Gasteiger partial charge in [0.1, 0.15) is 11.6 Å². The Kier molecular flexibility index (Phi) is 3.80. The van der Waals surface area contributed by atoms with Crippen LogP contribution in [0.1, 0.15) is 15.9 Å². The van der Waals surface area contributed by atoms with Crippen molar-refractivity contribution in [3.8, 4) is 0 Å². The van der Waals surface area contributed by atoms with E-state index in [1.807, 2.05) is 0 Å². The zero-order valence-corrected chi connectivity index (χ0v) is 11.7. The summed E-state index contributed by atoms with van der Waals surface area (Å²) < 4.78 is 13.8. The summed E-state index contributed by atoms with van der Waals surface area (Å²) in [4.78, 5) is 15.8. The SMILES string of the molecule is Cc1cc(Br)c(F)cc1NC(=O)c1ccnc(N)c1. The van der Waals surface area contributed by atoms with Crippen molar-refractivity contribution in [2.45, 2.75) is 6.92 Å². The lowest BCUT2D eigenvalue weighted by molar-refractivity contribution is 0.102. The first-order valence-electron chi connectivity index (χ1n) is 5.46. The Morgan fingerprint density at radius 3 is 2.84 bits per heavy atom. The fourth-order valence-electron chi connectivity index (χ4n) is 1.57. The van der Waals surface area contributed by atoms with Gasteiger partial charge in [0.2, 0.25) is 0 Å². The monoisotopic (exact) mass is 323 g/mol. The molecule has 0 aliphatic rings. The molecule has 1 amide bonds. The van der Waals surface area contributed by atoms with Crippen LogP contribution >= 0.6 is 15.9 Å². The molecule has 1 aromatic carbocycles. The number of nitrogens with zero attached hydrogens (tertiary/aromatic N) is 1. The minimum atomic E-state index is -0.435. The number of nitrogen functional groups attached to an aromatic ring is 1. The molecule has 4 nitrogen and oxygen atoms in total. The van der Waals surface area contributed by atoms with Gasteiger partial charge in [-0.2, -0.15) is 0 Å². The maximum absolute atomic E-state index is 13.4. The van der Waals surface area contributed by atoms with Gasteiger partial charge in [0.05, 0.1) is 4.47 Å². The number of anilines is 2. The first-order valence-corrected chi connectivity index (χ1v) is 6.25. The molecule has 0 spiro atoms. The number of aromatic nitrogens is 1. The molecule has 0 atom stereocenters. The van der Waals surface area contributed by atoms with Gasteiger partial charge in [0.25, 0.3) is 5.91 Å². The fourth-order valence-corrected chi connectivity index (χ4v) is 2.02. The molecular weight excluding hydrogens is 313 g/mol. The fraction of sp³-hybridized carbons (Fsp3) is 0.0769. The summed E-state index contributed by atoms with van der Waals surface area (Å²) in [5.41, 5.74) is 7.05. The van der Waals surface area contributed by atoms with Crippen LogP contribution in [0.4, 0.5) is 15.9 Å². The van der Waals surface area contributed by atoms with Gasteiger partial charge in [-0.25, -0.2) is 9.37 Å². The molecule has 0 unspecified atom stereocenters. The summed E-state index contributed by atoms with van der Waals surface area (Å²) in [5.74, 6) is -0.541. The Labute approximate surface area is 118 Å². The number of halogens is 2. The van der Waals surface area contributed by atoms with Crippen LogP contribution in [-0.4, -0.2) is 10.9 Å². The number of pyridine rings is 1. The number of carbonyl (C=O) groups is 1. The Bertz CT molecular complexity index is 646. The second-order valence-corrected chi connectivity index (χ2v) is 4.86. The molecule has 0 radical (unpaired) electrons. The predicted molar refractivity (Wildman–Crippen MR) is 75.4 cm³/mol. The molecule has 2 rings (SSSR count). The van der Waals surface area contributed by atoms with E-state index in [4.69, 9.17) is 5.73 Å². The quantitative estimate of drug-likeness (QED) is 0.892. The van der Waals surface area contributed by atoms with Crippen LogP contribution < -0.4 is 11.1 Å². The van der Waals surface area contributed by atoms with E-state index in [0.29, 0.717) is 15.7 Å². The van der Waals surface area contributed by atoms with Crippen molar-refractivity contribution in [2.75, 3.05) is 11.1 Å². The number of amides is 1. The lowest BCUT2D eigenvalue weighted by Gasteiger charge is -2.09. The molecule has 1 aromatic heterocycles. The van der Waals surface area contributed by atoms with Crippen molar-refractivity contribution in [2.24, 2.45) is 0 Å². The zero-order chi connectivity index (χ0) is 14.0. The first kappa shape index (κ1) is 13.5. The lowest BCUT2D eigenvalue weighted by atomic mass is 10.1. The van der Waals surface area contributed by atoms with Gasteiger partial charge in [-0.3, -0.25) is 4.79 Å². The van der Waals surface area contributed by atoms with Gasteiger partial charge in [0.15, 0.2) is 0 Å². The third kappa shape index (κ3) is 3.08. The highest BCUT2D eigenvalue weighted by atomic mass is 79.9. The maximum Gasteiger partial charge on any atom is 0.255 e. The van der Waals surface area contributed by atoms with E-state index in [-0.39, 0.29) is 11.7 Å². The third-order valence-electron chi connectivity index (χ3n) is 2.56. The van der Waals surface area contributed by atoms with E-state index in [1.165, 1.54) is 24.4 Å². The normalized spacial score (nSPS) is 10.3. The maximum atomic E-state index is 13.4. The van der Waals surface area contributed by atoms with Crippen molar-refractivity contribution in [1.82, 2.24) is 4.98 Å². The predicted octanol–water partition coefficient (Wildman–Crippen LogP) is 3.13. The number of nitrogens with two attached hydrogens (primary N) is 1. The number of hydrogen-bond acceptors (Lipinski definition) is 3. The molecule has 0 saturated carbocycles. The van der Waals surface area contributed by atoms with E-state index in [0.717, 1.165) is 5.56 Å². The molecular formula is C13H11BrFN3O. The summed E-state index contributed by atoms with van der Waals surface area (Å²) in [6, 6.07) is 5.86. The van der Waals surface area contributed by atoms with E-state index in [1.54, 1.807) is 13.0 Å². The van der Waals surface area contributed by atoms with Gasteiger partial charge in [0, 0.05) is 17.4 Å². The molecule has 0 saturated heterocycles. The Morgan fingerprint density at radius 1 is 1.42 bits per heavy atom. The second-order valence-electron chi connectivity index (χ2n) is 4.00. The number of benzene rings is 1. The minimum absolute atomic E-state index is 0.256. The zero-order valence-electron chi connectivity index (χ0n) is 10.1. The van der Waals surface area contributed by atoms with Crippen molar-refractivity contribution in [1.29, 1.82) is 0 Å². The number of rotatable bonds is 2. The highest BCUT2D eigenvalue weighted by molar-refractivity contribution is 9.10. The molecule has 1 heterocycles. The van der Waals surface area contributed by atoms with Gasteiger partial charge >= 0.3 is 0 Å². The molecule has 0 fully saturated rings. The lowest BCUT2D eigenvalue weighted by Crippen LogP contribution is -2.13. The van der Waals surface area contributed by atoms with E-state index >= 15 is 0 Å². The molecule has 0 bridgehead atoms. The molecule has 0 aliphatic heterocycles. The van der Waals surface area contributed by atoms with Gasteiger partial charge in [-0.05, 0) is 52.7 Å². The average molecular weight is 324 g/mol. The van der Waals surface area contributed by atoms with E-state index in [2.05, 4.69) is 26.2 Å². The van der Waals surface area contributed by atoms with Gasteiger partial charge < -0.3 is 11.1 Å². The number of aryl methyl sites for hydroxylation is 1. The first-order chi connectivity index (χ1) is 8.97. The Morgan fingerprint density at radius 2 is 2.16 bits per heavy atom. The largest absolute Gasteiger partial charge is 0.384 e. The summed E-state index contributed by atoms with van der Waals surface area (Å²) in [6.07, 6.45) is 1.44. The molecule has 3 N–H and O–H groups in total. The van der Waals surface area contributed by atoms with Crippen molar-refractivity contribution in [3.63, 3.8) is 0 Å². The molecule has 19 heavy (non-hydrogen) atoms. The Balaban J connectivity index is 2.27. The van der Waals surface area contributed by atoms with Crippen LogP contribution in [0, 0.1) is 12.7 Å². The second kappa shape index (κ2) is 5.36. The summed E-state index contributed by atoms with van der Waals surface area (Å²) in [5, 5.41) is 2.64. The summed E-state index contributed by atoms with van der Waals surface area (Å²) in [7, 11) is 0. The standard InChI is InChI=1S/C13H11BrFN3O/c1-7-4-9(14)10(15)6-11(7)18-13(19)8-2-3-17-12(16)5-8/h2-6H,1H3,(H2,16,17)(H,18,19). The average Bonchev–Trinajstić information content (AvgIpc) is 2.36. The molecule has 98 valence electrons. The minimum Gasteiger partial charge on any atom is -0.384 e. The van der Waals surface area contributed by atoms with Crippen LogP contribution in [0.15, 0.2) is 34.9 Å². The van der Waals surface area contributed by atoms with Gasteiger partial charge in [-0.15, -0.1) is 0 Å². The summed E-state index contributed by atoms with van der Waals surface area (Å²) in [6.45, 7) is 1.78. The number of hydrogen-bond donors (Lipinski definition) is 2. The topological polar surface area (TPSA) is 68.0 Å². The van der Waals surface area contributed by atoms with Crippen molar-refractivity contribution < 1.29 is 9.18 Å². The van der Waals surface area contributed by atoms with E-state index in [9.17, 15) is 9.18 Å². The highest BCUT2D eigenvalue weighted by Crippen LogP contribution is 2.24. The van der Waals surface area contributed by atoms with Gasteiger partial charge in [-0.1, -0.05) is 0 Å². The van der Waals surface area contributed by atoms with Crippen LogP contribution in [0.5, 0.6) is 0 Å². The highest BCUT2D eigenvalue weighted by Gasteiger charge is 2.10. The number of carbonyl (C=O) groups excluding carboxylic acids is 1. The van der Waals surface area contributed by atoms with Crippen LogP contribution in [0.2, 0.25) is 0 Å². The smallest absolute Gasteiger partial charge is 0.255 e. The number of nitrogens with one attached hydrogen (secondary N) is 1. The van der Waals surface area contributed by atoms with Crippen molar-refractivity contribution in [3.05, 3.63) is 51.9 Å². The van der Waals surface area contributed by atoms with Crippen molar-refractivity contribution >= 4 is 33.3 Å². The Hall–Kier alpha value is -1.95. The van der Waals surface area contributed by atoms with Crippen LogP contribution in [0.3, 0.4) is 0 Å². The molecule has 2 aromatic rings. The van der Waals surface area contributed by atoms with Crippen LogP contribution in [0.25, 0.3) is 0 Å². The molecule has 0 aliphatic carbocycles. The molecule has 6 heteroatoms. The summed E-state index contributed by atoms with van der Waals surface area (Å²) >= 11 is 3.09. The van der Waals surface area contributed by atoms with Crippen LogP contribution in [-0.2, 0) is 0 Å². The third-order valence-corrected chi connectivity index (χ3v) is 3.17. The van der Waals surface area contributed by atoms with E-state index < -0.39 is 5.82 Å².